The fourth-order valence-corrected chi connectivity index (χ4v) is 3.24. The molecule has 0 aromatic carbocycles. The first-order valence-electron chi connectivity index (χ1n) is 7.86. The quantitative estimate of drug-likeness (QED) is 0.865. The topological polar surface area (TPSA) is 104 Å². The number of amides is 2. The van der Waals surface area contributed by atoms with E-state index in [9.17, 15) is 9.59 Å². The van der Waals surface area contributed by atoms with Gasteiger partial charge in [0, 0.05) is 37.9 Å². The molecule has 0 unspecified atom stereocenters. The highest BCUT2D eigenvalue weighted by Gasteiger charge is 2.38. The third-order valence-corrected chi connectivity index (χ3v) is 4.48. The molecule has 1 aliphatic rings. The molecule has 24 heavy (non-hydrogen) atoms. The van der Waals surface area contributed by atoms with Gasteiger partial charge in [-0.1, -0.05) is 6.92 Å². The first kappa shape index (κ1) is 16.1. The van der Waals surface area contributed by atoms with Crippen molar-refractivity contribution in [3.63, 3.8) is 0 Å². The van der Waals surface area contributed by atoms with Crippen molar-refractivity contribution in [3.05, 3.63) is 41.7 Å². The van der Waals surface area contributed by atoms with Crippen molar-refractivity contribution in [2.45, 2.75) is 25.2 Å². The van der Waals surface area contributed by atoms with Gasteiger partial charge in [-0.3, -0.25) is 19.7 Å². The Morgan fingerprint density at radius 3 is 2.88 bits per heavy atom. The van der Waals surface area contributed by atoms with Crippen molar-refractivity contribution in [1.29, 1.82) is 0 Å². The van der Waals surface area contributed by atoms with Gasteiger partial charge in [0.2, 0.25) is 0 Å². The molecule has 2 aromatic heterocycles. The number of likely N-dealkylation sites (tertiary alicyclic amines) is 1. The second-order valence-electron chi connectivity index (χ2n) is 6.22. The van der Waals surface area contributed by atoms with Crippen LogP contribution in [0.5, 0.6) is 0 Å². The van der Waals surface area contributed by atoms with E-state index in [0.717, 1.165) is 18.5 Å². The van der Waals surface area contributed by atoms with Crippen LogP contribution in [0.3, 0.4) is 0 Å². The SMILES string of the molecule is CNC(=O)c1cn[nH]c1[C@]1(C)CCCN(C(=O)c2cnccn2)C1. The van der Waals surface area contributed by atoms with Gasteiger partial charge in [-0.05, 0) is 12.8 Å². The molecule has 3 heterocycles. The molecule has 126 valence electrons. The van der Waals surface area contributed by atoms with Crippen LogP contribution in [0.15, 0.2) is 24.8 Å². The van der Waals surface area contributed by atoms with Gasteiger partial charge < -0.3 is 10.2 Å². The molecule has 0 aliphatic carbocycles. The molecule has 1 aliphatic heterocycles. The van der Waals surface area contributed by atoms with Crippen molar-refractivity contribution < 1.29 is 9.59 Å². The van der Waals surface area contributed by atoms with Crippen LogP contribution in [0.1, 0.15) is 46.3 Å². The van der Waals surface area contributed by atoms with E-state index in [1.54, 1.807) is 11.9 Å². The number of aromatic nitrogens is 4. The van der Waals surface area contributed by atoms with Crippen LogP contribution in [0, 0.1) is 0 Å². The Bertz CT molecular complexity index is 744. The Balaban J connectivity index is 1.86. The standard InChI is InChI=1S/C16H20N6O2/c1-16(13-11(8-20-21-13)14(23)17-2)4-3-7-22(10-16)15(24)12-9-18-5-6-19-12/h5-6,8-9H,3-4,7,10H2,1-2H3,(H,17,23)(H,20,21)/t16-/m1/s1. The first-order valence-corrected chi connectivity index (χ1v) is 7.86. The summed E-state index contributed by atoms with van der Waals surface area (Å²) in [4.78, 5) is 34.5. The number of H-pyrrole nitrogens is 1. The van der Waals surface area contributed by atoms with Gasteiger partial charge in [0.05, 0.1) is 23.7 Å². The summed E-state index contributed by atoms with van der Waals surface area (Å²) in [7, 11) is 1.59. The Kier molecular flexibility index (Phi) is 4.28. The number of nitrogens with one attached hydrogen (secondary N) is 2. The average Bonchev–Trinajstić information content (AvgIpc) is 3.12. The summed E-state index contributed by atoms with van der Waals surface area (Å²) in [6.45, 7) is 3.20. The minimum atomic E-state index is -0.367. The maximum atomic E-state index is 12.7. The fourth-order valence-electron chi connectivity index (χ4n) is 3.24. The molecular weight excluding hydrogens is 308 g/mol. The number of aromatic amines is 1. The van der Waals surface area contributed by atoms with Crippen molar-refractivity contribution in [2.24, 2.45) is 0 Å². The van der Waals surface area contributed by atoms with E-state index in [2.05, 4.69) is 25.5 Å². The summed E-state index contributed by atoms with van der Waals surface area (Å²) in [6.07, 6.45) is 7.76. The summed E-state index contributed by atoms with van der Waals surface area (Å²) < 4.78 is 0. The normalized spacial score (nSPS) is 20.7. The summed E-state index contributed by atoms with van der Waals surface area (Å²) >= 11 is 0. The monoisotopic (exact) mass is 328 g/mol. The lowest BCUT2D eigenvalue weighted by molar-refractivity contribution is 0.0640. The summed E-state index contributed by atoms with van der Waals surface area (Å²) in [5, 5.41) is 9.61. The lowest BCUT2D eigenvalue weighted by Crippen LogP contribution is -2.48. The zero-order valence-corrected chi connectivity index (χ0v) is 13.7. The van der Waals surface area contributed by atoms with E-state index >= 15 is 0 Å². The number of carbonyl (C=O) groups excluding carboxylic acids is 2. The van der Waals surface area contributed by atoms with Gasteiger partial charge in [-0.2, -0.15) is 5.10 Å². The van der Waals surface area contributed by atoms with Gasteiger partial charge in [0.1, 0.15) is 5.69 Å². The van der Waals surface area contributed by atoms with Crippen molar-refractivity contribution in [1.82, 2.24) is 30.4 Å². The predicted octanol–water partition coefficient (Wildman–Crippen LogP) is 0.753. The zero-order chi connectivity index (χ0) is 17.2. The smallest absolute Gasteiger partial charge is 0.274 e. The minimum Gasteiger partial charge on any atom is -0.355 e. The van der Waals surface area contributed by atoms with Crippen LogP contribution in [-0.4, -0.2) is 57.0 Å². The van der Waals surface area contributed by atoms with E-state index in [-0.39, 0.29) is 17.2 Å². The first-order chi connectivity index (χ1) is 11.5. The Morgan fingerprint density at radius 1 is 1.33 bits per heavy atom. The van der Waals surface area contributed by atoms with E-state index in [1.165, 1.54) is 24.8 Å². The second-order valence-corrected chi connectivity index (χ2v) is 6.22. The largest absolute Gasteiger partial charge is 0.355 e. The highest BCUT2D eigenvalue weighted by atomic mass is 16.2. The maximum Gasteiger partial charge on any atom is 0.274 e. The number of nitrogens with zero attached hydrogens (tertiary/aromatic N) is 4. The molecule has 0 spiro atoms. The fraction of sp³-hybridized carbons (Fsp3) is 0.438. The Labute approximate surface area is 139 Å². The zero-order valence-electron chi connectivity index (χ0n) is 13.7. The highest BCUT2D eigenvalue weighted by molar-refractivity contribution is 5.95. The van der Waals surface area contributed by atoms with Crippen LogP contribution in [0.4, 0.5) is 0 Å². The molecule has 1 saturated heterocycles. The van der Waals surface area contributed by atoms with E-state index < -0.39 is 0 Å². The molecule has 0 radical (unpaired) electrons. The van der Waals surface area contributed by atoms with Crippen LogP contribution in [0.2, 0.25) is 0 Å². The molecule has 0 bridgehead atoms. The molecule has 2 N–H and O–H groups in total. The number of hydrogen-bond acceptors (Lipinski definition) is 5. The maximum absolute atomic E-state index is 12.7. The number of carbonyl (C=O) groups is 2. The van der Waals surface area contributed by atoms with E-state index in [1.807, 2.05) is 6.92 Å². The van der Waals surface area contributed by atoms with Gasteiger partial charge in [-0.25, -0.2) is 4.98 Å². The lowest BCUT2D eigenvalue weighted by atomic mass is 9.77. The molecule has 8 nitrogen and oxygen atoms in total. The average molecular weight is 328 g/mol. The minimum absolute atomic E-state index is 0.143. The predicted molar refractivity (Wildman–Crippen MR) is 86.5 cm³/mol. The summed E-state index contributed by atoms with van der Waals surface area (Å²) in [6, 6.07) is 0. The van der Waals surface area contributed by atoms with Crippen molar-refractivity contribution in [3.8, 4) is 0 Å². The van der Waals surface area contributed by atoms with Crippen LogP contribution < -0.4 is 5.32 Å². The third-order valence-electron chi connectivity index (χ3n) is 4.48. The van der Waals surface area contributed by atoms with Crippen LogP contribution >= 0.6 is 0 Å². The summed E-state index contributed by atoms with van der Waals surface area (Å²) in [5.41, 5.74) is 1.25. The number of rotatable bonds is 3. The molecular formula is C16H20N6O2. The highest BCUT2D eigenvalue weighted by Crippen LogP contribution is 2.34. The molecule has 2 aromatic rings. The van der Waals surface area contributed by atoms with Crippen molar-refractivity contribution in [2.75, 3.05) is 20.1 Å². The molecule has 8 heteroatoms. The number of hydrogen-bond donors (Lipinski definition) is 2. The van der Waals surface area contributed by atoms with Gasteiger partial charge >= 0.3 is 0 Å². The molecule has 3 rings (SSSR count). The number of piperidine rings is 1. The molecule has 1 fully saturated rings. The Morgan fingerprint density at radius 2 is 2.17 bits per heavy atom. The van der Waals surface area contributed by atoms with E-state index in [0.29, 0.717) is 24.3 Å². The lowest BCUT2D eigenvalue weighted by Gasteiger charge is -2.40. The molecule has 0 saturated carbocycles. The van der Waals surface area contributed by atoms with E-state index in [4.69, 9.17) is 0 Å². The third kappa shape index (κ3) is 2.86. The molecule has 1 atom stereocenters. The second kappa shape index (κ2) is 6.38. The van der Waals surface area contributed by atoms with Crippen LogP contribution in [0.25, 0.3) is 0 Å². The summed E-state index contributed by atoms with van der Waals surface area (Å²) in [5.74, 6) is -0.326. The van der Waals surface area contributed by atoms with Crippen LogP contribution in [-0.2, 0) is 5.41 Å². The van der Waals surface area contributed by atoms with Crippen molar-refractivity contribution >= 4 is 11.8 Å². The molecule has 2 amide bonds. The Hall–Kier alpha value is -2.77. The van der Waals surface area contributed by atoms with Gasteiger partial charge in [-0.15, -0.1) is 0 Å². The van der Waals surface area contributed by atoms with Gasteiger partial charge in [0.25, 0.3) is 11.8 Å². The van der Waals surface area contributed by atoms with Gasteiger partial charge in [0.15, 0.2) is 0 Å².